The Morgan fingerprint density at radius 1 is 1.43 bits per heavy atom. The van der Waals surface area contributed by atoms with Crippen LogP contribution in [0.25, 0.3) is 11.5 Å². The number of hydrogen-bond acceptors (Lipinski definition) is 6. The van der Waals surface area contributed by atoms with E-state index in [1.165, 1.54) is 6.20 Å². The molecule has 6 heteroatoms. The Balaban J connectivity index is 2.39. The molecule has 1 atom stereocenters. The van der Waals surface area contributed by atoms with E-state index in [0.29, 0.717) is 23.1 Å². The van der Waals surface area contributed by atoms with Crippen molar-refractivity contribution in [3.8, 4) is 11.5 Å². The molecule has 0 amide bonds. The van der Waals surface area contributed by atoms with E-state index in [-0.39, 0.29) is 6.04 Å². The summed E-state index contributed by atoms with van der Waals surface area (Å²) < 4.78 is 10.2. The number of nitrogens with zero attached hydrogens (tertiary/aromatic N) is 3. The first-order valence-electron chi connectivity index (χ1n) is 4.19. The second-order valence-corrected chi connectivity index (χ2v) is 3.03. The summed E-state index contributed by atoms with van der Waals surface area (Å²) in [6.07, 6.45) is 1.54. The van der Waals surface area contributed by atoms with Crippen molar-refractivity contribution in [2.45, 2.75) is 19.9 Å². The smallest absolute Gasteiger partial charge is 0.253 e. The number of hydrogen-bond donors (Lipinski definition) is 1. The van der Waals surface area contributed by atoms with Crippen molar-refractivity contribution in [3.05, 3.63) is 17.8 Å². The number of aromatic nitrogens is 3. The molecule has 2 N–H and O–H groups in total. The van der Waals surface area contributed by atoms with Crippen LogP contribution < -0.4 is 5.73 Å². The van der Waals surface area contributed by atoms with E-state index in [9.17, 15) is 0 Å². The minimum absolute atomic E-state index is 0.267. The molecular formula is C8H10N4O2. The molecule has 0 aliphatic rings. The highest BCUT2D eigenvalue weighted by Crippen LogP contribution is 2.22. The summed E-state index contributed by atoms with van der Waals surface area (Å²) in [5.41, 5.74) is 6.28. The predicted molar refractivity (Wildman–Crippen MR) is 47.1 cm³/mol. The van der Waals surface area contributed by atoms with Crippen LogP contribution >= 0.6 is 0 Å². The number of aryl methyl sites for hydroxylation is 1. The van der Waals surface area contributed by atoms with Crippen molar-refractivity contribution < 1.29 is 8.94 Å². The summed E-state index contributed by atoms with van der Waals surface area (Å²) in [6, 6.07) is -0.267. The molecule has 2 aromatic heterocycles. The van der Waals surface area contributed by atoms with E-state index >= 15 is 0 Å². The third-order valence-electron chi connectivity index (χ3n) is 1.81. The van der Waals surface area contributed by atoms with Crippen molar-refractivity contribution in [3.63, 3.8) is 0 Å². The van der Waals surface area contributed by atoms with Gasteiger partial charge in [0.25, 0.3) is 5.89 Å². The van der Waals surface area contributed by atoms with Gasteiger partial charge in [-0.15, -0.1) is 10.2 Å². The molecule has 1 unspecified atom stereocenters. The summed E-state index contributed by atoms with van der Waals surface area (Å²) in [7, 11) is 0. The Labute approximate surface area is 80.1 Å². The normalized spacial score (nSPS) is 13.1. The standard InChI is InChI=1S/C8H10N4O2/c1-4(9)7-11-12-8(13-7)6-3-10-14-5(6)2/h3-4H,9H2,1-2H3. The van der Waals surface area contributed by atoms with Gasteiger partial charge in [-0.3, -0.25) is 0 Å². The van der Waals surface area contributed by atoms with Gasteiger partial charge in [-0.25, -0.2) is 0 Å². The SMILES string of the molecule is Cc1oncc1-c1nnc(C(C)N)o1. The summed E-state index contributed by atoms with van der Waals surface area (Å²) in [4.78, 5) is 0. The molecule has 0 radical (unpaired) electrons. The summed E-state index contributed by atoms with van der Waals surface area (Å²) >= 11 is 0. The monoisotopic (exact) mass is 194 g/mol. The van der Waals surface area contributed by atoms with E-state index in [4.69, 9.17) is 14.7 Å². The topological polar surface area (TPSA) is 91.0 Å². The molecule has 2 rings (SSSR count). The first kappa shape index (κ1) is 8.89. The first-order chi connectivity index (χ1) is 6.68. The van der Waals surface area contributed by atoms with Gasteiger partial charge in [0.2, 0.25) is 5.89 Å². The Bertz CT molecular complexity index is 432. The number of nitrogens with two attached hydrogens (primary N) is 1. The minimum Gasteiger partial charge on any atom is -0.419 e. The average Bonchev–Trinajstić information content (AvgIpc) is 2.71. The average molecular weight is 194 g/mol. The van der Waals surface area contributed by atoms with E-state index in [1.54, 1.807) is 13.8 Å². The van der Waals surface area contributed by atoms with Crippen molar-refractivity contribution in [1.29, 1.82) is 0 Å². The van der Waals surface area contributed by atoms with Gasteiger partial charge in [-0.1, -0.05) is 5.16 Å². The molecule has 0 fully saturated rings. The molecule has 74 valence electrons. The molecule has 0 saturated carbocycles. The summed E-state index contributed by atoms with van der Waals surface area (Å²) in [5, 5.41) is 11.3. The minimum atomic E-state index is -0.267. The van der Waals surface area contributed by atoms with Gasteiger partial charge >= 0.3 is 0 Å². The zero-order chi connectivity index (χ0) is 10.1. The highest BCUT2D eigenvalue weighted by Gasteiger charge is 2.15. The zero-order valence-electron chi connectivity index (χ0n) is 7.89. The lowest BCUT2D eigenvalue weighted by atomic mass is 10.3. The van der Waals surface area contributed by atoms with Gasteiger partial charge in [-0.05, 0) is 13.8 Å². The predicted octanol–water partition coefficient (Wildman–Crippen LogP) is 1.05. The Hall–Kier alpha value is -1.69. The van der Waals surface area contributed by atoms with Gasteiger partial charge in [0.1, 0.15) is 11.3 Å². The van der Waals surface area contributed by atoms with Crippen LogP contribution in [0.1, 0.15) is 24.6 Å². The fourth-order valence-electron chi connectivity index (χ4n) is 1.03. The van der Waals surface area contributed by atoms with Crippen LogP contribution in [0.5, 0.6) is 0 Å². The second kappa shape index (κ2) is 3.22. The summed E-state index contributed by atoms with van der Waals surface area (Å²) in [5.74, 6) is 1.43. The molecule has 2 aromatic rings. The molecule has 2 heterocycles. The van der Waals surface area contributed by atoms with Gasteiger partial charge in [0.15, 0.2) is 0 Å². The molecule has 0 aliphatic heterocycles. The molecule has 14 heavy (non-hydrogen) atoms. The van der Waals surface area contributed by atoms with Crippen LogP contribution in [0, 0.1) is 6.92 Å². The highest BCUT2D eigenvalue weighted by molar-refractivity contribution is 5.52. The van der Waals surface area contributed by atoms with Crippen LogP contribution in [0.15, 0.2) is 15.1 Å². The molecule has 0 aromatic carbocycles. The van der Waals surface area contributed by atoms with E-state index in [2.05, 4.69) is 15.4 Å². The molecule has 0 saturated heterocycles. The van der Waals surface area contributed by atoms with Crippen LogP contribution in [0.3, 0.4) is 0 Å². The molecule has 0 spiro atoms. The lowest BCUT2D eigenvalue weighted by Gasteiger charge is -1.94. The van der Waals surface area contributed by atoms with Gasteiger partial charge in [0, 0.05) is 0 Å². The largest absolute Gasteiger partial charge is 0.419 e. The van der Waals surface area contributed by atoms with Crippen molar-refractivity contribution in [1.82, 2.24) is 15.4 Å². The maximum atomic E-state index is 5.58. The van der Waals surface area contributed by atoms with Gasteiger partial charge in [-0.2, -0.15) is 0 Å². The third-order valence-corrected chi connectivity index (χ3v) is 1.81. The molecular weight excluding hydrogens is 184 g/mol. The maximum absolute atomic E-state index is 5.58. The van der Waals surface area contributed by atoms with Crippen LogP contribution in [-0.4, -0.2) is 15.4 Å². The van der Waals surface area contributed by atoms with Crippen LogP contribution in [-0.2, 0) is 0 Å². The first-order valence-corrected chi connectivity index (χ1v) is 4.19. The zero-order valence-corrected chi connectivity index (χ0v) is 7.89. The Morgan fingerprint density at radius 2 is 2.21 bits per heavy atom. The maximum Gasteiger partial charge on any atom is 0.253 e. The quantitative estimate of drug-likeness (QED) is 0.768. The van der Waals surface area contributed by atoms with Crippen LogP contribution in [0.4, 0.5) is 0 Å². The van der Waals surface area contributed by atoms with Crippen molar-refractivity contribution in [2.24, 2.45) is 5.73 Å². The second-order valence-electron chi connectivity index (χ2n) is 3.03. The Morgan fingerprint density at radius 3 is 2.71 bits per heavy atom. The highest BCUT2D eigenvalue weighted by atomic mass is 16.5. The van der Waals surface area contributed by atoms with Crippen molar-refractivity contribution in [2.75, 3.05) is 0 Å². The fourth-order valence-corrected chi connectivity index (χ4v) is 1.03. The fraction of sp³-hybridized carbons (Fsp3) is 0.375. The Kier molecular flexibility index (Phi) is 2.05. The third kappa shape index (κ3) is 1.39. The van der Waals surface area contributed by atoms with Gasteiger partial charge < -0.3 is 14.7 Å². The molecule has 0 aliphatic carbocycles. The molecule has 6 nitrogen and oxygen atoms in total. The lowest BCUT2D eigenvalue weighted by molar-refractivity contribution is 0.397. The van der Waals surface area contributed by atoms with E-state index in [0.717, 1.165) is 0 Å². The van der Waals surface area contributed by atoms with Crippen molar-refractivity contribution >= 4 is 0 Å². The van der Waals surface area contributed by atoms with Gasteiger partial charge in [0.05, 0.1) is 12.2 Å². The van der Waals surface area contributed by atoms with Crippen LogP contribution in [0.2, 0.25) is 0 Å². The van der Waals surface area contributed by atoms with E-state index in [1.807, 2.05) is 0 Å². The summed E-state index contributed by atoms with van der Waals surface area (Å²) in [6.45, 7) is 3.55. The lowest BCUT2D eigenvalue weighted by Crippen LogP contribution is -2.04. The number of rotatable bonds is 2. The van der Waals surface area contributed by atoms with E-state index < -0.39 is 0 Å². The molecule has 0 bridgehead atoms.